The number of carbonyl (C=O) groups is 3. The van der Waals surface area contributed by atoms with E-state index in [9.17, 15) is 14.4 Å². The van der Waals surface area contributed by atoms with E-state index in [4.69, 9.17) is 5.21 Å². The van der Waals surface area contributed by atoms with Gasteiger partial charge in [0.1, 0.15) is 10.6 Å². The largest absolute Gasteiger partial charge is 0.356 e. The van der Waals surface area contributed by atoms with Gasteiger partial charge in [-0.3, -0.25) is 19.6 Å². The molecule has 4 heterocycles. The number of pyridine rings is 1. The molecule has 10 heteroatoms. The third-order valence-corrected chi connectivity index (χ3v) is 7.58. The van der Waals surface area contributed by atoms with E-state index in [1.54, 1.807) is 21.5 Å². The molecule has 5 rings (SSSR count). The molecule has 1 saturated heterocycles. The Balaban J connectivity index is 1.38. The summed E-state index contributed by atoms with van der Waals surface area (Å²) in [6.45, 7) is 0.560. The quantitative estimate of drug-likeness (QED) is 0.171. The molecule has 3 aromatic rings. The predicted molar refractivity (Wildman–Crippen MR) is 136 cm³/mol. The lowest BCUT2D eigenvalue weighted by molar-refractivity contribution is -0.158. The summed E-state index contributed by atoms with van der Waals surface area (Å²) in [5.41, 5.74) is 5.50. The Hall–Kier alpha value is -3.24. The number of para-hydroxylation sites is 1. The van der Waals surface area contributed by atoms with Crippen LogP contribution in [0.1, 0.15) is 55.0 Å². The minimum Gasteiger partial charge on any atom is -0.356 e. The van der Waals surface area contributed by atoms with Gasteiger partial charge in [-0.05, 0) is 52.0 Å². The summed E-state index contributed by atoms with van der Waals surface area (Å²) >= 11 is 3.39. The molecule has 1 aromatic carbocycles. The third-order valence-electron chi connectivity index (χ3n) is 7.11. The number of fused-ring (bicyclic) bond motifs is 4. The summed E-state index contributed by atoms with van der Waals surface area (Å²) in [6.07, 6.45) is 5.58. The van der Waals surface area contributed by atoms with Crippen LogP contribution in [0.25, 0.3) is 10.9 Å². The molecular formula is C26H28BrN5O4. The Morgan fingerprint density at radius 1 is 1.14 bits per heavy atom. The lowest BCUT2D eigenvalue weighted by atomic mass is 9.86. The number of nitrogens with one attached hydrogen (secondary N) is 2. The molecule has 3 amide bonds. The van der Waals surface area contributed by atoms with Crippen molar-refractivity contribution in [3.8, 4) is 0 Å². The highest BCUT2D eigenvalue weighted by molar-refractivity contribution is 9.10. The topological polar surface area (TPSA) is 119 Å². The zero-order chi connectivity index (χ0) is 25.2. The Bertz CT molecular complexity index is 1290. The summed E-state index contributed by atoms with van der Waals surface area (Å²) in [6, 6.07) is 10.9. The highest BCUT2D eigenvalue weighted by Crippen LogP contribution is 2.42. The summed E-state index contributed by atoms with van der Waals surface area (Å²) in [5, 5.41) is 9.65. The Morgan fingerprint density at radius 2 is 1.94 bits per heavy atom. The fourth-order valence-corrected chi connectivity index (χ4v) is 5.64. The number of rotatable bonds is 8. The second-order valence-corrected chi connectivity index (χ2v) is 10.2. The molecule has 9 nitrogen and oxygen atoms in total. The molecule has 0 aliphatic carbocycles. The van der Waals surface area contributed by atoms with Gasteiger partial charge in [0.2, 0.25) is 17.7 Å². The van der Waals surface area contributed by atoms with Crippen molar-refractivity contribution in [3.05, 3.63) is 64.0 Å². The van der Waals surface area contributed by atoms with Gasteiger partial charge in [0.25, 0.3) is 0 Å². The van der Waals surface area contributed by atoms with Crippen molar-refractivity contribution in [3.63, 3.8) is 0 Å². The molecule has 1 fully saturated rings. The normalized spacial score (nSPS) is 19.4. The van der Waals surface area contributed by atoms with E-state index in [-0.39, 0.29) is 24.8 Å². The average Bonchev–Trinajstić information content (AvgIpc) is 3.26. The number of carbonyl (C=O) groups excluding carboxylic acids is 3. The van der Waals surface area contributed by atoms with Gasteiger partial charge in [0.05, 0.1) is 12.6 Å². The van der Waals surface area contributed by atoms with Crippen LogP contribution < -0.4 is 5.48 Å². The van der Waals surface area contributed by atoms with Crippen molar-refractivity contribution in [2.75, 3.05) is 13.1 Å². The molecule has 0 bridgehead atoms. The summed E-state index contributed by atoms with van der Waals surface area (Å²) < 4.78 is 0.708. The molecule has 0 unspecified atom stereocenters. The smallest absolute Gasteiger partial charge is 0.246 e. The highest BCUT2D eigenvalue weighted by atomic mass is 79.9. The number of unbranched alkanes of at least 4 members (excludes halogenated alkanes) is 3. The molecule has 0 spiro atoms. The van der Waals surface area contributed by atoms with Gasteiger partial charge in [-0.25, -0.2) is 10.5 Å². The maximum atomic E-state index is 13.7. The maximum absolute atomic E-state index is 13.7. The van der Waals surface area contributed by atoms with Crippen LogP contribution >= 0.6 is 15.9 Å². The van der Waals surface area contributed by atoms with E-state index in [0.717, 1.165) is 47.0 Å². The van der Waals surface area contributed by atoms with Crippen LogP contribution in [0.4, 0.5) is 0 Å². The third kappa shape index (κ3) is 4.62. The molecule has 36 heavy (non-hydrogen) atoms. The second-order valence-electron chi connectivity index (χ2n) is 9.36. The van der Waals surface area contributed by atoms with E-state index < -0.39 is 18.0 Å². The van der Waals surface area contributed by atoms with Crippen molar-refractivity contribution in [1.82, 2.24) is 25.2 Å². The zero-order valence-corrected chi connectivity index (χ0v) is 21.3. The zero-order valence-electron chi connectivity index (χ0n) is 19.7. The molecule has 2 aliphatic rings. The van der Waals surface area contributed by atoms with Crippen molar-refractivity contribution >= 4 is 44.6 Å². The van der Waals surface area contributed by atoms with Crippen LogP contribution in [0.3, 0.4) is 0 Å². The van der Waals surface area contributed by atoms with E-state index in [2.05, 4.69) is 32.0 Å². The number of hydrogen-bond acceptors (Lipinski definition) is 5. The maximum Gasteiger partial charge on any atom is 0.246 e. The monoisotopic (exact) mass is 553 g/mol. The van der Waals surface area contributed by atoms with Gasteiger partial charge in [-0.15, -0.1) is 0 Å². The number of piperazine rings is 1. The number of benzene rings is 1. The van der Waals surface area contributed by atoms with Crippen LogP contribution in [0.15, 0.2) is 47.2 Å². The highest BCUT2D eigenvalue weighted by Gasteiger charge is 2.48. The van der Waals surface area contributed by atoms with Gasteiger partial charge in [-0.2, -0.15) is 0 Å². The fourth-order valence-electron chi connectivity index (χ4n) is 5.41. The molecular weight excluding hydrogens is 526 g/mol. The van der Waals surface area contributed by atoms with Crippen molar-refractivity contribution in [1.29, 1.82) is 0 Å². The number of hydrogen-bond donors (Lipinski definition) is 3. The molecule has 0 saturated carbocycles. The van der Waals surface area contributed by atoms with Gasteiger partial charge >= 0.3 is 0 Å². The molecule has 2 aliphatic heterocycles. The van der Waals surface area contributed by atoms with Gasteiger partial charge in [0, 0.05) is 42.2 Å². The summed E-state index contributed by atoms with van der Waals surface area (Å²) in [4.78, 5) is 49.7. The van der Waals surface area contributed by atoms with E-state index in [0.29, 0.717) is 24.0 Å². The number of amides is 3. The first-order valence-electron chi connectivity index (χ1n) is 12.2. The van der Waals surface area contributed by atoms with Gasteiger partial charge < -0.3 is 14.8 Å². The molecule has 2 atom stereocenters. The lowest BCUT2D eigenvalue weighted by Crippen LogP contribution is -2.63. The Kier molecular flexibility index (Phi) is 7.06. The molecule has 0 radical (unpaired) electrons. The predicted octanol–water partition coefficient (Wildman–Crippen LogP) is 3.47. The molecule has 3 N–H and O–H groups in total. The Labute approximate surface area is 217 Å². The summed E-state index contributed by atoms with van der Waals surface area (Å²) in [5.74, 6) is -0.493. The van der Waals surface area contributed by atoms with Crippen molar-refractivity contribution in [2.24, 2.45) is 0 Å². The van der Waals surface area contributed by atoms with Gasteiger partial charge in [-0.1, -0.05) is 37.1 Å². The Morgan fingerprint density at radius 3 is 2.72 bits per heavy atom. The van der Waals surface area contributed by atoms with E-state index in [1.165, 1.54) is 0 Å². The second kappa shape index (κ2) is 10.4. The fraction of sp³-hybridized carbons (Fsp3) is 0.385. The van der Waals surface area contributed by atoms with Gasteiger partial charge in [0.15, 0.2) is 0 Å². The van der Waals surface area contributed by atoms with E-state index in [1.807, 2.05) is 30.3 Å². The van der Waals surface area contributed by atoms with Crippen LogP contribution in [-0.4, -0.2) is 61.8 Å². The van der Waals surface area contributed by atoms with Crippen LogP contribution in [0.5, 0.6) is 0 Å². The van der Waals surface area contributed by atoms with Crippen LogP contribution in [0.2, 0.25) is 0 Å². The van der Waals surface area contributed by atoms with E-state index >= 15 is 0 Å². The van der Waals surface area contributed by atoms with Crippen LogP contribution in [-0.2, 0) is 20.8 Å². The standard InChI is InChI=1S/C26H28BrN5O4/c27-21-11-10-16(14-28-21)25-24-18(17-7-4-5-8-19(17)29-24)13-20-26(35)31(15-23(34)32(20)25)12-6-2-1-3-9-22(33)30-36/h4-5,7-8,10-11,14,20,25,29,36H,1-3,6,9,12-13,15H2,(H,30,33)/t20-,25-/m0/s1. The lowest BCUT2D eigenvalue weighted by Gasteiger charge is -2.47. The minimum absolute atomic E-state index is 0.0275. The van der Waals surface area contributed by atoms with Crippen LogP contribution in [0, 0.1) is 0 Å². The molecule has 2 aromatic heterocycles. The number of hydroxylamine groups is 1. The number of halogens is 1. The van der Waals surface area contributed by atoms with Crippen molar-refractivity contribution < 1.29 is 19.6 Å². The first kappa shape index (κ1) is 24.5. The molecule has 188 valence electrons. The number of nitrogens with zero attached hydrogens (tertiary/aromatic N) is 3. The summed E-state index contributed by atoms with van der Waals surface area (Å²) in [7, 11) is 0. The average molecular weight is 554 g/mol. The first-order chi connectivity index (χ1) is 17.5. The number of aromatic nitrogens is 2. The number of aromatic amines is 1. The van der Waals surface area contributed by atoms with Crippen molar-refractivity contribution in [2.45, 2.75) is 50.6 Å². The number of H-pyrrole nitrogens is 1. The minimum atomic E-state index is -0.570. The first-order valence-corrected chi connectivity index (χ1v) is 13.0. The SMILES string of the molecule is O=C(CCCCCCN1CC(=O)N2[C@@H](c3ccc(Br)nc3)c3[nH]c4ccccc4c3C[C@H]2C1=O)NO.